The lowest BCUT2D eigenvalue weighted by atomic mass is 10.2. The van der Waals surface area contributed by atoms with Crippen LogP contribution >= 0.6 is 0 Å². The number of nitrogens with one attached hydrogen (secondary N) is 3. The Labute approximate surface area is 163 Å². The van der Waals surface area contributed by atoms with Crippen molar-refractivity contribution in [2.24, 2.45) is 0 Å². The summed E-state index contributed by atoms with van der Waals surface area (Å²) in [6, 6.07) is 15.4. The molecule has 1 atom stereocenters. The minimum Gasteiger partial charge on any atom is -0.376 e. The third-order valence-corrected chi connectivity index (χ3v) is 4.56. The van der Waals surface area contributed by atoms with Gasteiger partial charge in [-0.05, 0) is 43.2 Å². The fourth-order valence-corrected chi connectivity index (χ4v) is 3.29. The Kier molecular flexibility index (Phi) is 5.34. The first kappa shape index (κ1) is 18.2. The number of hydrogen-bond acceptors (Lipinski definition) is 6. The maximum absolute atomic E-state index is 11.3. The number of ether oxygens (including phenoxy) is 1. The Morgan fingerprint density at radius 3 is 2.82 bits per heavy atom. The van der Waals surface area contributed by atoms with Gasteiger partial charge in [0.15, 0.2) is 0 Å². The molecule has 144 valence electrons. The van der Waals surface area contributed by atoms with E-state index in [9.17, 15) is 4.79 Å². The van der Waals surface area contributed by atoms with Crippen LogP contribution in [0.2, 0.25) is 0 Å². The van der Waals surface area contributed by atoms with E-state index < -0.39 is 0 Å². The van der Waals surface area contributed by atoms with E-state index in [-0.39, 0.29) is 12.0 Å². The zero-order chi connectivity index (χ0) is 19.3. The van der Waals surface area contributed by atoms with Crippen molar-refractivity contribution >= 4 is 40.0 Å². The molecule has 4 rings (SSSR count). The van der Waals surface area contributed by atoms with Crippen molar-refractivity contribution in [1.82, 2.24) is 9.97 Å². The van der Waals surface area contributed by atoms with Crippen LogP contribution in [0.1, 0.15) is 19.8 Å². The highest BCUT2D eigenvalue weighted by atomic mass is 16.5. The predicted molar refractivity (Wildman–Crippen MR) is 111 cm³/mol. The molecule has 0 aliphatic carbocycles. The van der Waals surface area contributed by atoms with Gasteiger partial charge in [-0.2, -0.15) is 4.98 Å². The topological polar surface area (TPSA) is 88.2 Å². The molecule has 1 amide bonds. The summed E-state index contributed by atoms with van der Waals surface area (Å²) in [5, 5.41) is 10.4. The van der Waals surface area contributed by atoms with E-state index in [2.05, 4.69) is 25.9 Å². The summed E-state index contributed by atoms with van der Waals surface area (Å²) >= 11 is 0. The van der Waals surface area contributed by atoms with Crippen molar-refractivity contribution in [3.63, 3.8) is 0 Å². The van der Waals surface area contributed by atoms with Gasteiger partial charge in [0.2, 0.25) is 11.9 Å². The van der Waals surface area contributed by atoms with E-state index in [1.807, 2.05) is 48.5 Å². The summed E-state index contributed by atoms with van der Waals surface area (Å²) in [6.45, 7) is 3.03. The molecule has 2 heterocycles. The summed E-state index contributed by atoms with van der Waals surface area (Å²) in [5.41, 5.74) is 2.37. The number of benzene rings is 2. The average molecular weight is 377 g/mol. The van der Waals surface area contributed by atoms with Crippen LogP contribution in [0.4, 0.5) is 23.1 Å². The molecule has 3 aromatic rings. The van der Waals surface area contributed by atoms with Crippen molar-refractivity contribution in [1.29, 1.82) is 0 Å². The fourth-order valence-electron chi connectivity index (χ4n) is 3.29. The highest BCUT2D eigenvalue weighted by Gasteiger charge is 2.16. The van der Waals surface area contributed by atoms with Gasteiger partial charge in [-0.3, -0.25) is 4.79 Å². The lowest BCUT2D eigenvalue weighted by Crippen LogP contribution is -2.19. The summed E-state index contributed by atoms with van der Waals surface area (Å²) in [6.07, 6.45) is 2.39. The van der Waals surface area contributed by atoms with Crippen LogP contribution in [0.5, 0.6) is 0 Å². The van der Waals surface area contributed by atoms with Gasteiger partial charge in [-0.25, -0.2) is 4.98 Å². The Balaban J connectivity index is 1.59. The monoisotopic (exact) mass is 377 g/mol. The van der Waals surface area contributed by atoms with Crippen LogP contribution in [0.25, 0.3) is 10.9 Å². The number of carbonyl (C=O) groups excluding carboxylic acids is 1. The highest BCUT2D eigenvalue weighted by Crippen LogP contribution is 2.25. The molecular weight excluding hydrogens is 354 g/mol. The Morgan fingerprint density at radius 1 is 1.14 bits per heavy atom. The quantitative estimate of drug-likeness (QED) is 0.603. The van der Waals surface area contributed by atoms with Crippen molar-refractivity contribution in [2.75, 3.05) is 29.1 Å². The van der Waals surface area contributed by atoms with Crippen molar-refractivity contribution in [2.45, 2.75) is 25.9 Å². The molecule has 0 bridgehead atoms. The maximum Gasteiger partial charge on any atom is 0.229 e. The third kappa shape index (κ3) is 4.37. The molecule has 7 heteroatoms. The SMILES string of the molecule is CC(=O)Nc1cccc(Nc2nc(NC[C@H]3CCCO3)c3ccccc3n2)c1. The van der Waals surface area contributed by atoms with Crippen molar-refractivity contribution in [3.8, 4) is 0 Å². The molecule has 0 unspecified atom stereocenters. The second-order valence-electron chi connectivity index (χ2n) is 6.82. The summed E-state index contributed by atoms with van der Waals surface area (Å²) in [5.74, 6) is 1.16. The molecule has 3 N–H and O–H groups in total. The first-order valence-corrected chi connectivity index (χ1v) is 9.44. The molecule has 1 aromatic heterocycles. The first-order valence-electron chi connectivity index (χ1n) is 9.44. The van der Waals surface area contributed by atoms with Crippen molar-refractivity contribution in [3.05, 3.63) is 48.5 Å². The van der Waals surface area contributed by atoms with E-state index in [1.165, 1.54) is 6.92 Å². The lowest BCUT2D eigenvalue weighted by molar-refractivity contribution is -0.114. The minimum absolute atomic E-state index is 0.111. The summed E-state index contributed by atoms with van der Waals surface area (Å²) in [7, 11) is 0. The largest absolute Gasteiger partial charge is 0.376 e. The normalized spacial score (nSPS) is 16.1. The zero-order valence-corrected chi connectivity index (χ0v) is 15.7. The van der Waals surface area contributed by atoms with E-state index in [0.717, 1.165) is 54.1 Å². The first-order chi connectivity index (χ1) is 13.7. The van der Waals surface area contributed by atoms with Crippen LogP contribution in [0.15, 0.2) is 48.5 Å². The number of amides is 1. The summed E-state index contributed by atoms with van der Waals surface area (Å²) in [4.78, 5) is 20.6. The van der Waals surface area contributed by atoms with Gasteiger partial charge < -0.3 is 20.7 Å². The predicted octanol–water partition coefficient (Wildman–Crippen LogP) is 3.92. The standard InChI is InChI=1S/C21H23N5O2/c1-14(27)23-15-6-4-7-16(12-15)24-21-25-19-10-3-2-9-18(19)20(26-21)22-13-17-8-5-11-28-17/h2-4,6-7,9-10,12,17H,5,8,11,13H2,1H3,(H,23,27)(H2,22,24,25,26)/t17-/m1/s1. The van der Waals surface area contributed by atoms with Gasteiger partial charge in [0, 0.05) is 36.8 Å². The smallest absolute Gasteiger partial charge is 0.229 e. The maximum atomic E-state index is 11.3. The average Bonchev–Trinajstić information content (AvgIpc) is 3.19. The molecule has 1 aliphatic rings. The number of carbonyl (C=O) groups is 1. The lowest BCUT2D eigenvalue weighted by Gasteiger charge is -2.15. The molecule has 0 saturated carbocycles. The van der Waals surface area contributed by atoms with Crippen LogP contribution in [-0.4, -0.2) is 35.1 Å². The Bertz CT molecular complexity index is 985. The Hall–Kier alpha value is -3.19. The van der Waals surface area contributed by atoms with Gasteiger partial charge in [0.25, 0.3) is 0 Å². The van der Waals surface area contributed by atoms with Gasteiger partial charge in [-0.1, -0.05) is 18.2 Å². The van der Waals surface area contributed by atoms with Gasteiger partial charge >= 0.3 is 0 Å². The van der Waals surface area contributed by atoms with Gasteiger partial charge in [-0.15, -0.1) is 0 Å². The molecule has 0 radical (unpaired) electrons. The molecule has 1 saturated heterocycles. The van der Waals surface area contributed by atoms with Crippen LogP contribution in [0.3, 0.4) is 0 Å². The molecular formula is C21H23N5O2. The van der Waals surface area contributed by atoms with E-state index in [4.69, 9.17) is 4.74 Å². The molecule has 1 fully saturated rings. The molecule has 7 nitrogen and oxygen atoms in total. The summed E-state index contributed by atoms with van der Waals surface area (Å²) < 4.78 is 5.70. The van der Waals surface area contributed by atoms with E-state index >= 15 is 0 Å². The zero-order valence-electron chi connectivity index (χ0n) is 15.7. The van der Waals surface area contributed by atoms with Gasteiger partial charge in [0.1, 0.15) is 5.82 Å². The number of fused-ring (bicyclic) bond motifs is 1. The third-order valence-electron chi connectivity index (χ3n) is 4.56. The second kappa shape index (κ2) is 8.22. The number of para-hydroxylation sites is 1. The van der Waals surface area contributed by atoms with E-state index in [0.29, 0.717) is 5.95 Å². The molecule has 2 aromatic carbocycles. The number of aromatic nitrogens is 2. The number of hydrogen-bond donors (Lipinski definition) is 3. The van der Waals surface area contributed by atoms with E-state index in [1.54, 1.807) is 0 Å². The molecule has 0 spiro atoms. The van der Waals surface area contributed by atoms with Crippen LogP contribution in [-0.2, 0) is 9.53 Å². The minimum atomic E-state index is -0.111. The number of rotatable bonds is 6. The van der Waals surface area contributed by atoms with Crippen LogP contribution < -0.4 is 16.0 Å². The van der Waals surface area contributed by atoms with Gasteiger partial charge in [0.05, 0.1) is 11.6 Å². The molecule has 1 aliphatic heterocycles. The number of nitrogens with zero attached hydrogens (tertiary/aromatic N) is 2. The number of anilines is 4. The Morgan fingerprint density at radius 2 is 2.00 bits per heavy atom. The highest BCUT2D eigenvalue weighted by molar-refractivity contribution is 5.91. The molecule has 28 heavy (non-hydrogen) atoms. The van der Waals surface area contributed by atoms with Crippen molar-refractivity contribution < 1.29 is 9.53 Å². The second-order valence-corrected chi connectivity index (χ2v) is 6.82. The fraction of sp³-hybridized carbons (Fsp3) is 0.286. The van der Waals surface area contributed by atoms with Crippen LogP contribution in [0, 0.1) is 0 Å².